The molecule has 1 aliphatic carbocycles. The predicted octanol–water partition coefficient (Wildman–Crippen LogP) is 5.86. The molecule has 0 saturated heterocycles. The third kappa shape index (κ3) is 7.72. The lowest BCUT2D eigenvalue weighted by molar-refractivity contribution is -0.127. The number of aromatic nitrogens is 1. The number of nitrogens with zero attached hydrogens (tertiary/aromatic N) is 2. The number of pyridine rings is 1. The van der Waals surface area contributed by atoms with E-state index in [-0.39, 0.29) is 36.6 Å². The van der Waals surface area contributed by atoms with Gasteiger partial charge in [-0.15, -0.1) is 0 Å². The van der Waals surface area contributed by atoms with Crippen molar-refractivity contribution in [2.75, 3.05) is 10.2 Å². The molecule has 7 nitrogen and oxygen atoms in total. The minimum Gasteiger partial charge on any atom is -0.351 e. The number of anilines is 2. The molecule has 3 amide bonds. The van der Waals surface area contributed by atoms with Crippen LogP contribution in [0.4, 0.5) is 15.9 Å². The number of amides is 3. The van der Waals surface area contributed by atoms with Gasteiger partial charge >= 0.3 is 0 Å². The quantitative estimate of drug-likeness (QED) is 0.343. The Labute approximate surface area is 228 Å². The van der Waals surface area contributed by atoms with Gasteiger partial charge in [0.25, 0.3) is 0 Å². The number of aryl methyl sites for hydroxylation is 1. The van der Waals surface area contributed by atoms with Crippen LogP contribution in [-0.4, -0.2) is 28.7 Å². The highest BCUT2D eigenvalue weighted by atomic mass is 19.1. The number of nitrogens with one attached hydrogen (secondary N) is 2. The summed E-state index contributed by atoms with van der Waals surface area (Å²) in [5.41, 5.74) is 1.96. The van der Waals surface area contributed by atoms with Crippen LogP contribution in [0.5, 0.6) is 0 Å². The van der Waals surface area contributed by atoms with E-state index in [0.29, 0.717) is 23.5 Å². The highest BCUT2D eigenvalue weighted by molar-refractivity contribution is 6.02. The third-order valence-corrected chi connectivity index (χ3v) is 7.01. The molecule has 8 heteroatoms. The normalized spacial score (nSPS) is 14.3. The number of halogens is 1. The molecule has 1 saturated carbocycles. The van der Waals surface area contributed by atoms with Crippen LogP contribution in [-0.2, 0) is 14.4 Å². The zero-order valence-electron chi connectivity index (χ0n) is 22.2. The standard InChI is InChI=1S/C31H35FN4O3/c1-22-10-5-6-13-26(22)36(29(38)16-9-15-28(37)35-27-14-7-8-21-33-27)30(23-17-19-24(32)20-18-23)31(39)34-25-11-3-2-4-12-25/h5-8,10,13-14,17-21,25,30H,2-4,9,11-12,15-16H2,1H3,(H,34,39)(H,33,35,37). The molecule has 39 heavy (non-hydrogen) atoms. The Kier molecular flexibility index (Phi) is 9.78. The fourth-order valence-corrected chi connectivity index (χ4v) is 5.00. The average Bonchev–Trinajstić information content (AvgIpc) is 2.94. The lowest BCUT2D eigenvalue weighted by atomic mass is 9.94. The van der Waals surface area contributed by atoms with E-state index in [0.717, 1.165) is 37.7 Å². The van der Waals surface area contributed by atoms with E-state index < -0.39 is 11.9 Å². The lowest BCUT2D eigenvalue weighted by Crippen LogP contribution is -2.47. The summed E-state index contributed by atoms with van der Waals surface area (Å²) >= 11 is 0. The molecular formula is C31H35FN4O3. The topological polar surface area (TPSA) is 91.4 Å². The summed E-state index contributed by atoms with van der Waals surface area (Å²) in [5.74, 6) is -0.792. The zero-order valence-corrected chi connectivity index (χ0v) is 22.2. The maximum Gasteiger partial charge on any atom is 0.248 e. The van der Waals surface area contributed by atoms with Gasteiger partial charge in [-0.2, -0.15) is 0 Å². The van der Waals surface area contributed by atoms with E-state index in [1.165, 1.54) is 17.0 Å². The van der Waals surface area contributed by atoms with Gasteiger partial charge in [-0.1, -0.05) is 55.7 Å². The maximum absolute atomic E-state index is 13.8. The second kappa shape index (κ2) is 13.6. The van der Waals surface area contributed by atoms with Crippen molar-refractivity contribution in [3.05, 3.63) is 89.9 Å². The van der Waals surface area contributed by atoms with Crippen LogP contribution in [0, 0.1) is 12.7 Å². The van der Waals surface area contributed by atoms with Crippen LogP contribution in [0.25, 0.3) is 0 Å². The predicted molar refractivity (Wildman–Crippen MR) is 150 cm³/mol. The first-order valence-electron chi connectivity index (χ1n) is 13.6. The molecule has 1 atom stereocenters. The van der Waals surface area contributed by atoms with E-state index in [2.05, 4.69) is 15.6 Å². The minimum absolute atomic E-state index is 0.0401. The summed E-state index contributed by atoms with van der Waals surface area (Å²) in [6.07, 6.45) is 7.10. The van der Waals surface area contributed by atoms with Crippen molar-refractivity contribution in [2.45, 2.75) is 70.4 Å². The van der Waals surface area contributed by atoms with Crippen molar-refractivity contribution in [3.8, 4) is 0 Å². The highest BCUT2D eigenvalue weighted by Crippen LogP contribution is 2.32. The highest BCUT2D eigenvalue weighted by Gasteiger charge is 2.34. The fraction of sp³-hybridized carbons (Fsp3) is 0.355. The molecule has 3 aromatic rings. The number of rotatable bonds is 10. The average molecular weight is 531 g/mol. The van der Waals surface area contributed by atoms with Crippen LogP contribution in [0.2, 0.25) is 0 Å². The first-order valence-corrected chi connectivity index (χ1v) is 13.6. The van der Waals surface area contributed by atoms with Crippen LogP contribution < -0.4 is 15.5 Å². The molecule has 2 aromatic carbocycles. The van der Waals surface area contributed by atoms with E-state index in [9.17, 15) is 18.8 Å². The second-order valence-corrected chi connectivity index (χ2v) is 9.96. The van der Waals surface area contributed by atoms with E-state index in [1.54, 1.807) is 36.5 Å². The largest absolute Gasteiger partial charge is 0.351 e. The van der Waals surface area contributed by atoms with Gasteiger partial charge in [0.1, 0.15) is 17.7 Å². The first kappa shape index (κ1) is 28.0. The van der Waals surface area contributed by atoms with Crippen molar-refractivity contribution in [1.29, 1.82) is 0 Å². The van der Waals surface area contributed by atoms with Gasteiger partial charge in [0.2, 0.25) is 17.7 Å². The third-order valence-electron chi connectivity index (χ3n) is 7.01. The van der Waals surface area contributed by atoms with Gasteiger partial charge in [0, 0.05) is 30.8 Å². The molecule has 0 spiro atoms. The number of para-hydroxylation sites is 1. The monoisotopic (exact) mass is 530 g/mol. The molecular weight excluding hydrogens is 495 g/mol. The molecule has 204 valence electrons. The molecule has 0 aliphatic heterocycles. The summed E-state index contributed by atoms with van der Waals surface area (Å²) < 4.78 is 13.8. The molecule has 2 N–H and O–H groups in total. The molecule has 1 heterocycles. The van der Waals surface area contributed by atoms with Gasteiger partial charge < -0.3 is 10.6 Å². The Morgan fingerprint density at radius 2 is 1.67 bits per heavy atom. The zero-order chi connectivity index (χ0) is 27.6. The molecule has 0 bridgehead atoms. The number of benzene rings is 2. The van der Waals surface area contributed by atoms with Gasteiger partial charge in [0.15, 0.2) is 0 Å². The van der Waals surface area contributed by atoms with Crippen LogP contribution >= 0.6 is 0 Å². The van der Waals surface area contributed by atoms with E-state index >= 15 is 0 Å². The minimum atomic E-state index is -0.983. The van der Waals surface area contributed by atoms with Crippen LogP contribution in [0.3, 0.4) is 0 Å². The Hall–Kier alpha value is -4.07. The van der Waals surface area contributed by atoms with Gasteiger partial charge in [-0.05, 0) is 67.6 Å². The fourth-order valence-electron chi connectivity index (χ4n) is 5.00. The Bertz CT molecular complexity index is 1260. The van der Waals surface area contributed by atoms with E-state index in [1.807, 2.05) is 31.2 Å². The first-order chi connectivity index (χ1) is 18.9. The second-order valence-electron chi connectivity index (χ2n) is 9.96. The summed E-state index contributed by atoms with van der Waals surface area (Å²) in [6, 6.07) is 17.4. The molecule has 1 unspecified atom stereocenters. The summed E-state index contributed by atoms with van der Waals surface area (Å²) in [5, 5.41) is 5.89. The number of hydrogen-bond acceptors (Lipinski definition) is 4. The number of carbonyl (C=O) groups excluding carboxylic acids is 3. The molecule has 1 aromatic heterocycles. The number of carbonyl (C=O) groups is 3. The summed E-state index contributed by atoms with van der Waals surface area (Å²) in [4.78, 5) is 45.7. The van der Waals surface area contributed by atoms with Gasteiger partial charge in [-0.25, -0.2) is 9.37 Å². The van der Waals surface area contributed by atoms with Crippen LogP contribution in [0.1, 0.15) is 68.5 Å². The van der Waals surface area contributed by atoms with Crippen molar-refractivity contribution < 1.29 is 18.8 Å². The molecule has 1 fully saturated rings. The SMILES string of the molecule is Cc1ccccc1N(C(=O)CCCC(=O)Nc1ccccn1)C(C(=O)NC1CCCCC1)c1ccc(F)cc1. The van der Waals surface area contributed by atoms with Gasteiger partial charge in [0.05, 0.1) is 0 Å². The molecule has 0 radical (unpaired) electrons. The van der Waals surface area contributed by atoms with E-state index in [4.69, 9.17) is 0 Å². The smallest absolute Gasteiger partial charge is 0.248 e. The van der Waals surface area contributed by atoms with Crippen molar-refractivity contribution in [2.24, 2.45) is 0 Å². The number of hydrogen-bond donors (Lipinski definition) is 2. The molecule has 4 rings (SSSR count). The maximum atomic E-state index is 13.8. The summed E-state index contributed by atoms with van der Waals surface area (Å²) in [7, 11) is 0. The van der Waals surface area contributed by atoms with Crippen molar-refractivity contribution in [3.63, 3.8) is 0 Å². The van der Waals surface area contributed by atoms with Crippen LogP contribution in [0.15, 0.2) is 72.9 Å². The Morgan fingerprint density at radius 1 is 0.949 bits per heavy atom. The van der Waals surface area contributed by atoms with Crippen molar-refractivity contribution in [1.82, 2.24) is 10.3 Å². The summed E-state index contributed by atoms with van der Waals surface area (Å²) in [6.45, 7) is 1.89. The Balaban J connectivity index is 1.58. The van der Waals surface area contributed by atoms with Gasteiger partial charge in [-0.3, -0.25) is 19.3 Å². The molecule has 1 aliphatic rings. The lowest BCUT2D eigenvalue weighted by Gasteiger charge is -2.34. The Morgan fingerprint density at radius 3 is 2.36 bits per heavy atom. The van der Waals surface area contributed by atoms with Crippen molar-refractivity contribution >= 4 is 29.2 Å².